The van der Waals surface area contributed by atoms with Gasteiger partial charge in [0, 0.05) is 0 Å². The van der Waals surface area contributed by atoms with Gasteiger partial charge in [-0.2, -0.15) is 0 Å². The van der Waals surface area contributed by atoms with Crippen molar-refractivity contribution in [1.82, 2.24) is 0 Å². The summed E-state index contributed by atoms with van der Waals surface area (Å²) in [4.78, 5) is 4.69. The SMILES string of the molecule is C=C(C)[C@@H](C/C=C(\C)[C@H]1CC[C@]2(C)[C@@H]1[C@H](O)C[C@@H]1[C@@]3(C)CC[C@H](O)C(C)(C)[C@@H]3[C@@H](O[C@@H]3O[C@H](CO)[C@@H](O)[C@H](O)[C@H]3O[C@@H]3O[C@@H](C)[C@H](O)[C@@H](O)[C@H]3O)C[C@]12C)OO. The first-order valence-corrected chi connectivity index (χ1v) is 20.7. The van der Waals surface area contributed by atoms with Crippen molar-refractivity contribution in [3.05, 3.63) is 23.8 Å². The zero-order valence-electron chi connectivity index (χ0n) is 34.4. The highest BCUT2D eigenvalue weighted by Crippen LogP contribution is 2.76. The van der Waals surface area contributed by atoms with Crippen LogP contribution in [0.25, 0.3) is 0 Å². The fourth-order valence-corrected chi connectivity index (χ4v) is 13.1. The summed E-state index contributed by atoms with van der Waals surface area (Å²) in [7, 11) is 0. The second kappa shape index (κ2) is 16.1. The van der Waals surface area contributed by atoms with Gasteiger partial charge in [0.2, 0.25) is 0 Å². The van der Waals surface area contributed by atoms with Crippen molar-refractivity contribution in [2.75, 3.05) is 6.61 Å². The number of ether oxygens (including phenoxy) is 4. The molecule has 9 N–H and O–H groups in total. The van der Waals surface area contributed by atoms with Crippen LogP contribution in [0.15, 0.2) is 23.8 Å². The van der Waals surface area contributed by atoms with Crippen molar-refractivity contribution < 1.29 is 69.9 Å². The van der Waals surface area contributed by atoms with E-state index >= 15 is 0 Å². The molecule has 0 aromatic carbocycles. The number of rotatable bonds is 10. The number of aliphatic hydroxyl groups is 8. The summed E-state index contributed by atoms with van der Waals surface area (Å²) in [5.74, 6) is -0.201. The van der Waals surface area contributed by atoms with E-state index in [0.717, 1.165) is 18.4 Å². The number of hydrogen-bond acceptors (Lipinski definition) is 14. The molecule has 0 unspecified atom stereocenters. The molecule has 0 amide bonds. The average molecular weight is 799 g/mol. The number of aliphatic hydroxyl groups excluding tert-OH is 8. The molecule has 0 aromatic rings. The summed E-state index contributed by atoms with van der Waals surface area (Å²) < 4.78 is 25.1. The van der Waals surface area contributed by atoms with E-state index in [9.17, 15) is 46.1 Å². The predicted octanol–water partition coefficient (Wildman–Crippen LogP) is 2.42. The molecule has 322 valence electrons. The summed E-state index contributed by atoms with van der Waals surface area (Å²) in [5, 5.41) is 97.8. The van der Waals surface area contributed by atoms with Crippen LogP contribution in [0.4, 0.5) is 0 Å². The molecule has 0 spiro atoms. The van der Waals surface area contributed by atoms with E-state index in [1.54, 1.807) is 0 Å². The standard InChI is InChI=1S/C42H70O14/c1-19(2)24(56-51)11-10-20(3)22-12-15-41(8)29(22)23(44)16-27-40(7)14-13-28(45)39(5,6)36(40)25(17-42(27,41)9)53-38-35(33(49)31(47)26(18-43)54-38)55-37-34(50)32(48)30(46)21(4)52-37/h10,21-38,43-51H,1,11-18H2,2-9H3/b20-10+/t21-,22+,23+,24+,25-,26+,27+,28-,29-,30-,31+,32+,33-,34+,35+,36-,37-,38+,40+,41+,42+/m0/s1. The Morgan fingerprint density at radius 3 is 2.14 bits per heavy atom. The first-order chi connectivity index (χ1) is 26.1. The lowest BCUT2D eigenvalue weighted by atomic mass is 9.34. The Bertz CT molecular complexity index is 1440. The molecule has 0 radical (unpaired) electrons. The first kappa shape index (κ1) is 44.5. The van der Waals surface area contributed by atoms with E-state index in [1.165, 1.54) is 6.92 Å². The largest absolute Gasteiger partial charge is 0.394 e. The Balaban J connectivity index is 1.38. The molecule has 6 aliphatic rings. The minimum absolute atomic E-state index is 0.0543. The van der Waals surface area contributed by atoms with Crippen LogP contribution in [0.1, 0.15) is 100 Å². The minimum atomic E-state index is -1.70. The summed E-state index contributed by atoms with van der Waals surface area (Å²) in [6.07, 6.45) is -10.2. The van der Waals surface area contributed by atoms with E-state index in [1.807, 2.05) is 20.8 Å². The predicted molar refractivity (Wildman–Crippen MR) is 202 cm³/mol. The molecule has 14 nitrogen and oxygen atoms in total. The Kier molecular flexibility index (Phi) is 12.8. The molecule has 56 heavy (non-hydrogen) atoms. The zero-order valence-corrected chi connectivity index (χ0v) is 34.4. The van der Waals surface area contributed by atoms with Gasteiger partial charge in [-0.15, -0.1) is 0 Å². The highest BCUT2D eigenvalue weighted by molar-refractivity contribution is 5.24. The highest BCUT2D eigenvalue weighted by atomic mass is 17.1. The van der Waals surface area contributed by atoms with Crippen LogP contribution in [-0.2, 0) is 23.8 Å². The fourth-order valence-electron chi connectivity index (χ4n) is 13.1. The van der Waals surface area contributed by atoms with Gasteiger partial charge >= 0.3 is 0 Å². The fraction of sp³-hybridized carbons (Fsp3) is 0.905. The van der Waals surface area contributed by atoms with Crippen LogP contribution in [-0.4, -0.2) is 139 Å². The lowest BCUT2D eigenvalue weighted by Gasteiger charge is -2.72. The summed E-state index contributed by atoms with van der Waals surface area (Å²) >= 11 is 0. The smallest absolute Gasteiger partial charge is 0.187 e. The molecular weight excluding hydrogens is 728 g/mol. The van der Waals surface area contributed by atoms with Gasteiger partial charge < -0.3 is 59.8 Å². The monoisotopic (exact) mass is 798 g/mol. The Hall–Kier alpha value is -1.08. The van der Waals surface area contributed by atoms with E-state index in [2.05, 4.69) is 45.2 Å². The lowest BCUT2D eigenvalue weighted by molar-refractivity contribution is -0.381. The first-order valence-electron chi connectivity index (χ1n) is 20.7. The van der Waals surface area contributed by atoms with Crippen molar-refractivity contribution in [2.24, 2.45) is 45.3 Å². The third-order valence-corrected chi connectivity index (χ3v) is 16.4. The molecule has 2 aliphatic heterocycles. The van der Waals surface area contributed by atoms with Crippen LogP contribution < -0.4 is 0 Å². The molecule has 2 saturated heterocycles. The van der Waals surface area contributed by atoms with E-state index < -0.39 is 109 Å². The zero-order chi connectivity index (χ0) is 41.4. The maximum Gasteiger partial charge on any atom is 0.187 e. The summed E-state index contributed by atoms with van der Waals surface area (Å²) in [5.41, 5.74) is 0.0101. The molecular formula is C42H70O14. The van der Waals surface area contributed by atoms with Crippen LogP contribution >= 0.6 is 0 Å². The van der Waals surface area contributed by atoms with Crippen molar-refractivity contribution in [2.45, 2.75) is 186 Å². The second-order valence-electron chi connectivity index (χ2n) is 19.7. The van der Waals surface area contributed by atoms with Gasteiger partial charge in [-0.3, -0.25) is 5.26 Å². The average Bonchev–Trinajstić information content (AvgIpc) is 3.51. The molecule has 4 aliphatic carbocycles. The normalized spacial score (nSPS) is 52.4. The molecule has 6 fully saturated rings. The van der Waals surface area contributed by atoms with Gasteiger partial charge in [-0.05, 0) is 117 Å². The molecule has 4 saturated carbocycles. The molecule has 2 heterocycles. The van der Waals surface area contributed by atoms with Crippen LogP contribution in [0.2, 0.25) is 0 Å². The van der Waals surface area contributed by atoms with Gasteiger partial charge in [0.25, 0.3) is 0 Å². The van der Waals surface area contributed by atoms with Crippen molar-refractivity contribution >= 4 is 0 Å². The number of hydrogen-bond donors (Lipinski definition) is 9. The Morgan fingerprint density at radius 2 is 1.52 bits per heavy atom. The Labute approximate surface area is 331 Å². The molecule has 14 heteroatoms. The molecule has 6 rings (SSSR count). The van der Waals surface area contributed by atoms with Gasteiger partial charge in [0.1, 0.15) is 48.8 Å². The molecule has 0 bridgehead atoms. The topological polar surface area (TPSA) is 228 Å². The Morgan fingerprint density at radius 1 is 0.839 bits per heavy atom. The van der Waals surface area contributed by atoms with Crippen LogP contribution in [0.3, 0.4) is 0 Å². The number of allylic oxidation sites excluding steroid dienone is 1. The van der Waals surface area contributed by atoms with Crippen molar-refractivity contribution in [3.63, 3.8) is 0 Å². The lowest BCUT2D eigenvalue weighted by Crippen LogP contribution is -2.71. The quantitative estimate of drug-likeness (QED) is 0.0670. The summed E-state index contributed by atoms with van der Waals surface area (Å²) in [6, 6.07) is 0. The van der Waals surface area contributed by atoms with Gasteiger partial charge in [0.15, 0.2) is 12.6 Å². The van der Waals surface area contributed by atoms with Gasteiger partial charge in [-0.25, -0.2) is 4.89 Å². The second-order valence-corrected chi connectivity index (χ2v) is 19.7. The summed E-state index contributed by atoms with van der Waals surface area (Å²) in [6.45, 7) is 19.7. The molecule has 0 aromatic heterocycles. The van der Waals surface area contributed by atoms with Gasteiger partial charge in [-0.1, -0.05) is 52.8 Å². The van der Waals surface area contributed by atoms with Crippen molar-refractivity contribution in [1.29, 1.82) is 0 Å². The van der Waals surface area contributed by atoms with Crippen LogP contribution in [0.5, 0.6) is 0 Å². The van der Waals surface area contributed by atoms with Crippen LogP contribution in [0, 0.1) is 45.3 Å². The number of fused-ring (bicyclic) bond motifs is 5. The van der Waals surface area contributed by atoms with E-state index in [0.29, 0.717) is 37.7 Å². The highest BCUT2D eigenvalue weighted by Gasteiger charge is 2.73. The minimum Gasteiger partial charge on any atom is -0.394 e. The van der Waals surface area contributed by atoms with E-state index in [-0.39, 0.29) is 29.1 Å². The molecule has 21 atom stereocenters. The third kappa shape index (κ3) is 7.08. The van der Waals surface area contributed by atoms with E-state index in [4.69, 9.17) is 18.9 Å². The third-order valence-electron chi connectivity index (χ3n) is 16.4. The maximum atomic E-state index is 12.3. The maximum absolute atomic E-state index is 12.3. The van der Waals surface area contributed by atoms with Gasteiger partial charge in [0.05, 0.1) is 31.0 Å². The van der Waals surface area contributed by atoms with Crippen molar-refractivity contribution in [3.8, 4) is 0 Å².